The molecule has 23 heavy (non-hydrogen) atoms. The van der Waals surface area contributed by atoms with Gasteiger partial charge in [0.1, 0.15) is 0 Å². The largest absolute Gasteiger partial charge is 0.493 e. The van der Waals surface area contributed by atoms with Gasteiger partial charge < -0.3 is 9.47 Å². The second-order valence-electron chi connectivity index (χ2n) is 5.02. The molecule has 0 unspecified atom stereocenters. The van der Waals surface area contributed by atoms with Gasteiger partial charge in [-0.3, -0.25) is 4.79 Å². The molecule has 0 atom stereocenters. The third-order valence-electron chi connectivity index (χ3n) is 3.29. The molecule has 0 aromatic heterocycles. The van der Waals surface area contributed by atoms with E-state index in [1.807, 2.05) is 43.3 Å². The number of nitrogens with one attached hydrogen (secondary N) is 1. The van der Waals surface area contributed by atoms with Crippen LogP contribution in [0.15, 0.2) is 53.6 Å². The number of amides is 1. The van der Waals surface area contributed by atoms with Crippen molar-refractivity contribution < 1.29 is 14.3 Å². The van der Waals surface area contributed by atoms with E-state index in [0.29, 0.717) is 23.5 Å². The Morgan fingerprint density at radius 1 is 1.04 bits per heavy atom. The summed E-state index contributed by atoms with van der Waals surface area (Å²) in [6.45, 7) is 1.86. The number of rotatable bonds is 6. The maximum Gasteiger partial charge on any atom is 0.271 e. The number of carbonyl (C=O) groups is 1. The van der Waals surface area contributed by atoms with Crippen LogP contribution in [0.2, 0.25) is 0 Å². The van der Waals surface area contributed by atoms with Crippen LogP contribution in [0.5, 0.6) is 11.5 Å². The number of hydrogen-bond donors (Lipinski definition) is 1. The molecule has 2 aromatic carbocycles. The molecule has 0 bridgehead atoms. The highest BCUT2D eigenvalue weighted by molar-refractivity contribution is 5.95. The second kappa shape index (κ2) is 7.98. The summed E-state index contributed by atoms with van der Waals surface area (Å²) in [5, 5.41) is 4.14. The number of nitrogens with zero attached hydrogens (tertiary/aromatic N) is 1. The Balaban J connectivity index is 2.01. The third-order valence-corrected chi connectivity index (χ3v) is 3.29. The first kappa shape index (κ1) is 16.5. The van der Waals surface area contributed by atoms with Crippen molar-refractivity contribution in [1.29, 1.82) is 0 Å². The number of hydrogen-bond acceptors (Lipinski definition) is 4. The molecule has 2 aromatic rings. The van der Waals surface area contributed by atoms with Crippen LogP contribution >= 0.6 is 0 Å². The lowest BCUT2D eigenvalue weighted by molar-refractivity contribution is 0.0954. The van der Waals surface area contributed by atoms with Gasteiger partial charge in [-0.05, 0) is 36.8 Å². The van der Waals surface area contributed by atoms with Gasteiger partial charge in [-0.1, -0.05) is 24.3 Å². The first-order valence-electron chi connectivity index (χ1n) is 7.23. The highest BCUT2D eigenvalue weighted by Crippen LogP contribution is 2.27. The highest BCUT2D eigenvalue weighted by atomic mass is 16.5. The predicted octanol–water partition coefficient (Wildman–Crippen LogP) is 3.05. The monoisotopic (exact) mass is 312 g/mol. The maximum atomic E-state index is 11.9. The van der Waals surface area contributed by atoms with Crippen molar-refractivity contribution in [2.75, 3.05) is 14.2 Å². The number of hydrazone groups is 1. The van der Waals surface area contributed by atoms with E-state index < -0.39 is 0 Å². The van der Waals surface area contributed by atoms with Crippen molar-refractivity contribution in [2.45, 2.75) is 13.3 Å². The van der Waals surface area contributed by atoms with Crippen molar-refractivity contribution in [3.05, 3.63) is 59.7 Å². The standard InChI is InChI=1S/C18H20N2O3/c1-13(19-20-18(21)15-7-5-4-6-8-15)11-14-9-10-16(22-2)17(12-14)23-3/h4-10,12H,11H2,1-3H3,(H,20,21). The second-order valence-corrected chi connectivity index (χ2v) is 5.02. The summed E-state index contributed by atoms with van der Waals surface area (Å²) in [5.41, 5.74) is 4.96. The Hall–Kier alpha value is -2.82. The molecule has 0 fully saturated rings. The van der Waals surface area contributed by atoms with Gasteiger partial charge in [0.2, 0.25) is 0 Å². The summed E-state index contributed by atoms with van der Waals surface area (Å²) >= 11 is 0. The minimum absolute atomic E-state index is 0.225. The lowest BCUT2D eigenvalue weighted by Crippen LogP contribution is -2.19. The van der Waals surface area contributed by atoms with Crippen molar-refractivity contribution >= 4 is 11.6 Å². The quantitative estimate of drug-likeness (QED) is 0.659. The van der Waals surface area contributed by atoms with Crippen LogP contribution in [-0.2, 0) is 6.42 Å². The molecule has 1 amide bonds. The number of carbonyl (C=O) groups excluding carboxylic acids is 1. The normalized spacial score (nSPS) is 11.0. The van der Waals surface area contributed by atoms with Gasteiger partial charge in [0, 0.05) is 17.7 Å². The predicted molar refractivity (Wildman–Crippen MR) is 90.3 cm³/mol. The lowest BCUT2D eigenvalue weighted by atomic mass is 10.1. The molecular formula is C18H20N2O3. The van der Waals surface area contributed by atoms with Crippen LogP contribution in [0.25, 0.3) is 0 Å². The van der Waals surface area contributed by atoms with Crippen LogP contribution in [0.1, 0.15) is 22.8 Å². The van der Waals surface area contributed by atoms with Gasteiger partial charge in [0.05, 0.1) is 14.2 Å². The van der Waals surface area contributed by atoms with Crippen LogP contribution in [0.3, 0.4) is 0 Å². The molecule has 0 aliphatic rings. The van der Waals surface area contributed by atoms with Crippen molar-refractivity contribution in [1.82, 2.24) is 5.43 Å². The van der Waals surface area contributed by atoms with E-state index in [9.17, 15) is 4.79 Å². The van der Waals surface area contributed by atoms with E-state index in [0.717, 1.165) is 11.3 Å². The van der Waals surface area contributed by atoms with Gasteiger partial charge in [-0.2, -0.15) is 5.10 Å². The Kier molecular flexibility index (Phi) is 5.74. The molecule has 0 spiro atoms. The first-order valence-corrected chi connectivity index (χ1v) is 7.23. The smallest absolute Gasteiger partial charge is 0.271 e. The molecule has 0 saturated heterocycles. The maximum absolute atomic E-state index is 11.9. The fourth-order valence-electron chi connectivity index (χ4n) is 2.13. The summed E-state index contributed by atoms with van der Waals surface area (Å²) in [5.74, 6) is 1.13. The lowest BCUT2D eigenvalue weighted by Gasteiger charge is -2.09. The zero-order valence-electron chi connectivity index (χ0n) is 13.5. The summed E-state index contributed by atoms with van der Waals surface area (Å²) < 4.78 is 10.5. The Morgan fingerprint density at radius 3 is 2.39 bits per heavy atom. The van der Waals surface area contributed by atoms with Crippen LogP contribution in [0, 0.1) is 0 Å². The molecule has 1 N–H and O–H groups in total. The fraction of sp³-hybridized carbons (Fsp3) is 0.222. The van der Waals surface area contributed by atoms with E-state index in [1.165, 1.54) is 0 Å². The Labute approximate surface area is 135 Å². The van der Waals surface area contributed by atoms with Crippen LogP contribution in [0.4, 0.5) is 0 Å². The van der Waals surface area contributed by atoms with Gasteiger partial charge in [0.25, 0.3) is 5.91 Å². The third kappa shape index (κ3) is 4.57. The summed E-state index contributed by atoms with van der Waals surface area (Å²) in [7, 11) is 3.20. The fourth-order valence-corrected chi connectivity index (χ4v) is 2.13. The highest BCUT2D eigenvalue weighted by Gasteiger charge is 2.06. The number of ether oxygens (including phenoxy) is 2. The van der Waals surface area contributed by atoms with Gasteiger partial charge in [-0.25, -0.2) is 5.43 Å². The molecule has 2 rings (SSSR count). The first-order chi connectivity index (χ1) is 11.1. The van der Waals surface area contributed by atoms with Crippen molar-refractivity contribution in [2.24, 2.45) is 5.10 Å². The molecule has 5 heteroatoms. The summed E-state index contributed by atoms with van der Waals surface area (Å²) in [6.07, 6.45) is 0.607. The van der Waals surface area contributed by atoms with Crippen LogP contribution in [-0.4, -0.2) is 25.8 Å². The zero-order valence-corrected chi connectivity index (χ0v) is 13.5. The minimum Gasteiger partial charge on any atom is -0.493 e. The van der Waals surface area contributed by atoms with Crippen molar-refractivity contribution in [3.8, 4) is 11.5 Å². The molecule has 0 radical (unpaired) electrons. The van der Waals surface area contributed by atoms with Crippen molar-refractivity contribution in [3.63, 3.8) is 0 Å². The summed E-state index contributed by atoms with van der Waals surface area (Å²) in [4.78, 5) is 11.9. The number of benzene rings is 2. The van der Waals surface area contributed by atoms with Gasteiger partial charge in [0.15, 0.2) is 11.5 Å². The van der Waals surface area contributed by atoms with E-state index in [2.05, 4.69) is 10.5 Å². The van der Waals surface area contributed by atoms with E-state index in [-0.39, 0.29) is 5.91 Å². The molecule has 0 aliphatic carbocycles. The van der Waals surface area contributed by atoms with E-state index >= 15 is 0 Å². The molecule has 120 valence electrons. The van der Waals surface area contributed by atoms with E-state index in [4.69, 9.17) is 9.47 Å². The molecular weight excluding hydrogens is 292 g/mol. The Bertz CT molecular complexity index is 697. The average Bonchev–Trinajstić information content (AvgIpc) is 2.60. The van der Waals surface area contributed by atoms with Gasteiger partial charge >= 0.3 is 0 Å². The average molecular weight is 312 g/mol. The Morgan fingerprint density at radius 2 is 1.74 bits per heavy atom. The molecule has 0 heterocycles. The zero-order chi connectivity index (χ0) is 16.7. The SMILES string of the molecule is COc1ccc(CC(C)=NNC(=O)c2ccccc2)cc1OC. The minimum atomic E-state index is -0.225. The van der Waals surface area contributed by atoms with Gasteiger partial charge in [-0.15, -0.1) is 0 Å². The molecule has 5 nitrogen and oxygen atoms in total. The van der Waals surface area contributed by atoms with E-state index in [1.54, 1.807) is 26.4 Å². The van der Waals surface area contributed by atoms with Crippen LogP contribution < -0.4 is 14.9 Å². The number of methoxy groups -OCH3 is 2. The topological polar surface area (TPSA) is 59.9 Å². The summed E-state index contributed by atoms with van der Waals surface area (Å²) in [6, 6.07) is 14.7. The molecule has 0 aliphatic heterocycles. The molecule has 0 saturated carbocycles.